The molecule has 1 N–H and O–H groups in total. The van der Waals surface area contributed by atoms with Gasteiger partial charge in [0.05, 0.1) is 0 Å². The second-order valence-electron chi connectivity index (χ2n) is 5.94. The maximum absolute atomic E-state index is 5.94. The maximum Gasteiger partial charge on any atom is 0.243 e. The lowest BCUT2D eigenvalue weighted by molar-refractivity contribution is 0.305. The Morgan fingerprint density at radius 2 is 2.00 bits per heavy atom. The summed E-state index contributed by atoms with van der Waals surface area (Å²) < 4.78 is 7.72. The van der Waals surface area contributed by atoms with Crippen LogP contribution in [0.1, 0.15) is 30.0 Å². The zero-order valence-electron chi connectivity index (χ0n) is 14.6. The second-order valence-corrected chi connectivity index (χ2v) is 5.94. The van der Waals surface area contributed by atoms with Crippen molar-refractivity contribution in [1.82, 2.24) is 20.2 Å². The van der Waals surface area contributed by atoms with Crippen LogP contribution in [0.4, 0.5) is 5.95 Å². The van der Waals surface area contributed by atoms with Gasteiger partial charge in [-0.1, -0.05) is 48.4 Å². The van der Waals surface area contributed by atoms with Gasteiger partial charge >= 0.3 is 0 Å². The lowest BCUT2D eigenvalue weighted by Crippen LogP contribution is -2.09. The summed E-state index contributed by atoms with van der Waals surface area (Å²) in [6.45, 7) is 6.21. The Morgan fingerprint density at radius 1 is 1.12 bits per heavy atom. The smallest absolute Gasteiger partial charge is 0.243 e. The van der Waals surface area contributed by atoms with Crippen molar-refractivity contribution in [2.24, 2.45) is 0 Å². The van der Waals surface area contributed by atoms with Gasteiger partial charge in [-0.05, 0) is 52.6 Å². The molecule has 0 aliphatic rings. The highest BCUT2D eigenvalue weighted by Gasteiger charge is 2.05. The van der Waals surface area contributed by atoms with Crippen LogP contribution >= 0.6 is 0 Å². The van der Waals surface area contributed by atoms with E-state index in [4.69, 9.17) is 4.74 Å². The molecule has 0 unspecified atom stereocenters. The van der Waals surface area contributed by atoms with Crippen molar-refractivity contribution in [3.63, 3.8) is 0 Å². The number of hydrogen-bond donors (Lipinski definition) is 1. The summed E-state index contributed by atoms with van der Waals surface area (Å²) in [5.41, 5.74) is 3.56. The molecule has 0 saturated carbocycles. The van der Waals surface area contributed by atoms with E-state index < -0.39 is 0 Å². The number of aryl methyl sites for hydroxylation is 2. The lowest BCUT2D eigenvalue weighted by Gasteiger charge is -2.10. The molecule has 0 aliphatic heterocycles. The van der Waals surface area contributed by atoms with Crippen LogP contribution in [0, 0.1) is 6.92 Å². The van der Waals surface area contributed by atoms with Crippen LogP contribution in [-0.2, 0) is 19.7 Å². The van der Waals surface area contributed by atoms with Crippen LogP contribution < -0.4 is 10.1 Å². The summed E-state index contributed by atoms with van der Waals surface area (Å²) in [6.07, 6.45) is 0.988. The zero-order valence-corrected chi connectivity index (χ0v) is 14.6. The molecule has 2 aromatic carbocycles. The average molecular weight is 337 g/mol. The Morgan fingerprint density at radius 3 is 2.84 bits per heavy atom. The minimum atomic E-state index is 0.568. The van der Waals surface area contributed by atoms with Gasteiger partial charge < -0.3 is 10.1 Å². The maximum atomic E-state index is 5.94. The molecule has 0 saturated heterocycles. The van der Waals surface area contributed by atoms with Crippen molar-refractivity contribution < 1.29 is 4.74 Å². The summed E-state index contributed by atoms with van der Waals surface area (Å²) in [6, 6.07) is 16.3. The Bertz CT molecular complexity index is 815. The van der Waals surface area contributed by atoms with Gasteiger partial charge in [0.2, 0.25) is 5.95 Å². The fourth-order valence-electron chi connectivity index (χ4n) is 2.55. The fraction of sp³-hybridized carbons (Fsp3) is 0.316. The van der Waals surface area contributed by atoms with Gasteiger partial charge in [0, 0.05) is 13.1 Å². The van der Waals surface area contributed by atoms with E-state index in [1.807, 2.05) is 30.3 Å². The quantitative estimate of drug-likeness (QED) is 0.680. The molecule has 0 aliphatic carbocycles. The molecule has 0 atom stereocenters. The van der Waals surface area contributed by atoms with Gasteiger partial charge in [-0.3, -0.25) is 0 Å². The summed E-state index contributed by atoms with van der Waals surface area (Å²) in [4.78, 5) is 0. The normalized spacial score (nSPS) is 10.6. The molecule has 6 heteroatoms. The van der Waals surface area contributed by atoms with E-state index in [0.29, 0.717) is 19.1 Å². The first kappa shape index (κ1) is 17.0. The van der Waals surface area contributed by atoms with Gasteiger partial charge in [0.25, 0.3) is 0 Å². The van der Waals surface area contributed by atoms with Crippen molar-refractivity contribution >= 4 is 5.95 Å². The SMILES string of the molecule is CCCn1nnnc1NCc1cccc(OCc2ccccc2C)c1. The van der Waals surface area contributed by atoms with Crippen LogP contribution in [0.2, 0.25) is 0 Å². The molecule has 0 amide bonds. The number of nitrogens with one attached hydrogen (secondary N) is 1. The lowest BCUT2D eigenvalue weighted by atomic mass is 10.1. The number of anilines is 1. The van der Waals surface area contributed by atoms with Gasteiger partial charge in [-0.25, -0.2) is 4.68 Å². The summed E-state index contributed by atoms with van der Waals surface area (Å²) in [5, 5.41) is 15.0. The molecule has 0 fully saturated rings. The largest absolute Gasteiger partial charge is 0.489 e. The Balaban J connectivity index is 1.59. The van der Waals surface area contributed by atoms with Gasteiger partial charge in [-0.15, -0.1) is 0 Å². The minimum Gasteiger partial charge on any atom is -0.489 e. The van der Waals surface area contributed by atoms with E-state index >= 15 is 0 Å². The Hall–Kier alpha value is -2.89. The zero-order chi connectivity index (χ0) is 17.5. The van der Waals surface area contributed by atoms with Crippen LogP contribution in [0.5, 0.6) is 5.75 Å². The molecular weight excluding hydrogens is 314 g/mol. The molecule has 0 radical (unpaired) electrons. The highest BCUT2D eigenvalue weighted by molar-refractivity contribution is 5.33. The highest BCUT2D eigenvalue weighted by atomic mass is 16.5. The number of rotatable bonds is 8. The molecule has 1 aromatic heterocycles. The summed E-state index contributed by atoms with van der Waals surface area (Å²) >= 11 is 0. The van der Waals surface area contributed by atoms with Crippen molar-refractivity contribution in [3.05, 3.63) is 65.2 Å². The van der Waals surface area contributed by atoms with E-state index in [1.165, 1.54) is 11.1 Å². The van der Waals surface area contributed by atoms with Crippen molar-refractivity contribution in [2.45, 2.75) is 40.0 Å². The summed E-state index contributed by atoms with van der Waals surface area (Å²) in [5.74, 6) is 1.55. The van der Waals surface area contributed by atoms with Crippen LogP contribution in [0.3, 0.4) is 0 Å². The highest BCUT2D eigenvalue weighted by Crippen LogP contribution is 2.17. The predicted octanol–water partition coefficient (Wildman–Crippen LogP) is 3.58. The van der Waals surface area contributed by atoms with Crippen LogP contribution in [-0.4, -0.2) is 20.2 Å². The molecule has 6 nitrogen and oxygen atoms in total. The van der Waals surface area contributed by atoms with E-state index in [9.17, 15) is 0 Å². The van der Waals surface area contributed by atoms with Gasteiger partial charge in [0.15, 0.2) is 0 Å². The second kappa shape index (κ2) is 8.28. The first-order valence-electron chi connectivity index (χ1n) is 8.52. The van der Waals surface area contributed by atoms with E-state index in [2.05, 4.69) is 52.9 Å². The molecule has 0 spiro atoms. The van der Waals surface area contributed by atoms with E-state index in [0.717, 1.165) is 24.3 Å². The number of benzene rings is 2. The van der Waals surface area contributed by atoms with Crippen molar-refractivity contribution in [2.75, 3.05) is 5.32 Å². The average Bonchev–Trinajstić information content (AvgIpc) is 3.07. The molecule has 1 heterocycles. The number of nitrogens with zero attached hydrogens (tertiary/aromatic N) is 4. The van der Waals surface area contributed by atoms with Crippen molar-refractivity contribution in [3.8, 4) is 5.75 Å². The minimum absolute atomic E-state index is 0.568. The van der Waals surface area contributed by atoms with E-state index in [-0.39, 0.29) is 0 Å². The third-order valence-corrected chi connectivity index (χ3v) is 3.97. The first-order valence-corrected chi connectivity index (χ1v) is 8.52. The fourth-order valence-corrected chi connectivity index (χ4v) is 2.55. The predicted molar refractivity (Wildman–Crippen MR) is 97.4 cm³/mol. The monoisotopic (exact) mass is 337 g/mol. The van der Waals surface area contributed by atoms with Crippen LogP contribution in [0.15, 0.2) is 48.5 Å². The van der Waals surface area contributed by atoms with E-state index in [1.54, 1.807) is 4.68 Å². The Labute approximate surface area is 147 Å². The Kier molecular flexibility index (Phi) is 5.61. The molecule has 25 heavy (non-hydrogen) atoms. The van der Waals surface area contributed by atoms with Gasteiger partial charge in [0.1, 0.15) is 12.4 Å². The van der Waals surface area contributed by atoms with Gasteiger partial charge in [-0.2, -0.15) is 0 Å². The first-order chi connectivity index (χ1) is 12.3. The number of hydrogen-bond acceptors (Lipinski definition) is 5. The summed E-state index contributed by atoms with van der Waals surface area (Å²) in [7, 11) is 0. The standard InChI is InChI=1S/C19H23N5O/c1-3-11-24-19(21-22-23-24)20-13-16-8-6-10-18(12-16)25-14-17-9-5-4-7-15(17)2/h4-10,12H,3,11,13-14H2,1-2H3,(H,20,21,23). The third-order valence-electron chi connectivity index (χ3n) is 3.97. The number of aromatic nitrogens is 4. The van der Waals surface area contributed by atoms with Crippen LogP contribution in [0.25, 0.3) is 0 Å². The third kappa shape index (κ3) is 4.56. The van der Waals surface area contributed by atoms with Crippen molar-refractivity contribution in [1.29, 1.82) is 0 Å². The molecule has 130 valence electrons. The number of tetrazole rings is 1. The topological polar surface area (TPSA) is 64.9 Å². The molecule has 3 rings (SSSR count). The molecule has 0 bridgehead atoms. The molecule has 3 aromatic rings. The molecular formula is C19H23N5O. The number of ether oxygens (including phenoxy) is 1.